The van der Waals surface area contributed by atoms with Gasteiger partial charge in [0, 0.05) is 10.0 Å². The molecule has 2 aromatic carbocycles. The lowest BCUT2D eigenvalue weighted by Crippen LogP contribution is -2.03. The number of hydrogen-bond donors (Lipinski definition) is 0. The highest BCUT2D eigenvalue weighted by atomic mass is 79.9. The van der Waals surface area contributed by atoms with Crippen molar-refractivity contribution < 1.29 is 8.78 Å². The second-order valence-electron chi connectivity index (χ2n) is 4.20. The first-order chi connectivity index (χ1) is 9.38. The molecular formula is C14H8BrCl3F2. The molecule has 0 aliphatic heterocycles. The first kappa shape index (κ1) is 16.0. The Morgan fingerprint density at radius 2 is 1.60 bits per heavy atom. The van der Waals surface area contributed by atoms with E-state index >= 15 is 0 Å². The van der Waals surface area contributed by atoms with Gasteiger partial charge in [-0.3, -0.25) is 0 Å². The van der Waals surface area contributed by atoms with Gasteiger partial charge in [-0.05, 0) is 36.2 Å². The first-order valence-electron chi connectivity index (χ1n) is 5.61. The maximum absolute atomic E-state index is 13.8. The molecule has 0 aliphatic rings. The van der Waals surface area contributed by atoms with E-state index in [1.165, 1.54) is 12.1 Å². The maximum atomic E-state index is 13.8. The van der Waals surface area contributed by atoms with Gasteiger partial charge in [-0.25, -0.2) is 8.78 Å². The molecule has 0 heterocycles. The van der Waals surface area contributed by atoms with Crippen LogP contribution in [0.15, 0.2) is 34.8 Å². The zero-order valence-electron chi connectivity index (χ0n) is 9.94. The molecule has 0 N–H and O–H groups in total. The topological polar surface area (TPSA) is 0 Å². The van der Waals surface area contributed by atoms with Crippen molar-refractivity contribution in [2.45, 2.75) is 11.8 Å². The Labute approximate surface area is 138 Å². The molecule has 0 saturated heterocycles. The lowest BCUT2D eigenvalue weighted by atomic mass is 10.0. The van der Waals surface area contributed by atoms with Crippen LogP contribution in [-0.2, 0) is 6.42 Å². The van der Waals surface area contributed by atoms with Gasteiger partial charge in [0.05, 0.1) is 15.4 Å². The Morgan fingerprint density at radius 1 is 1.00 bits per heavy atom. The van der Waals surface area contributed by atoms with E-state index < -0.39 is 17.0 Å². The van der Waals surface area contributed by atoms with Crippen LogP contribution < -0.4 is 0 Å². The molecule has 0 aromatic heterocycles. The quantitative estimate of drug-likeness (QED) is 0.512. The van der Waals surface area contributed by atoms with Crippen LogP contribution in [-0.4, -0.2) is 0 Å². The fourth-order valence-corrected chi connectivity index (χ4v) is 2.94. The Bertz CT molecular complexity index is 623. The van der Waals surface area contributed by atoms with Crippen LogP contribution in [0, 0.1) is 11.6 Å². The third-order valence-corrected chi connectivity index (χ3v) is 4.33. The highest BCUT2D eigenvalue weighted by Crippen LogP contribution is 2.33. The summed E-state index contributed by atoms with van der Waals surface area (Å²) in [4.78, 5) is 0. The minimum atomic E-state index is -0.833. The van der Waals surface area contributed by atoms with E-state index in [0.29, 0.717) is 14.5 Å². The average Bonchev–Trinajstić information content (AvgIpc) is 2.32. The molecule has 0 nitrogen and oxygen atoms in total. The van der Waals surface area contributed by atoms with Crippen LogP contribution in [0.5, 0.6) is 0 Å². The molecule has 0 amide bonds. The van der Waals surface area contributed by atoms with Crippen molar-refractivity contribution in [2.24, 2.45) is 0 Å². The van der Waals surface area contributed by atoms with Gasteiger partial charge in [-0.1, -0.05) is 45.2 Å². The molecule has 106 valence electrons. The first-order valence-corrected chi connectivity index (χ1v) is 7.59. The van der Waals surface area contributed by atoms with E-state index in [4.69, 9.17) is 34.8 Å². The van der Waals surface area contributed by atoms with E-state index in [2.05, 4.69) is 15.9 Å². The van der Waals surface area contributed by atoms with E-state index in [1.54, 1.807) is 18.2 Å². The van der Waals surface area contributed by atoms with Crippen molar-refractivity contribution in [1.29, 1.82) is 0 Å². The number of benzene rings is 2. The summed E-state index contributed by atoms with van der Waals surface area (Å²) in [6.45, 7) is 0. The predicted octanol–water partition coefficient (Wildman–Crippen LogP) is 6.56. The fraction of sp³-hybridized carbons (Fsp3) is 0.143. The minimum Gasteiger partial charge on any atom is -0.206 e. The zero-order valence-corrected chi connectivity index (χ0v) is 13.8. The number of hydrogen-bond acceptors (Lipinski definition) is 0. The molecule has 6 heteroatoms. The van der Waals surface area contributed by atoms with Crippen molar-refractivity contribution in [3.05, 3.63) is 67.6 Å². The lowest BCUT2D eigenvalue weighted by molar-refractivity contribution is 0.549. The van der Waals surface area contributed by atoms with Crippen LogP contribution in [0.4, 0.5) is 8.78 Å². The Morgan fingerprint density at radius 3 is 2.15 bits per heavy atom. The van der Waals surface area contributed by atoms with Crippen molar-refractivity contribution in [3.63, 3.8) is 0 Å². The number of rotatable bonds is 3. The maximum Gasteiger partial charge on any atom is 0.131 e. The summed E-state index contributed by atoms with van der Waals surface area (Å²) >= 11 is 20.9. The van der Waals surface area contributed by atoms with Crippen LogP contribution in [0.2, 0.25) is 10.0 Å². The van der Waals surface area contributed by atoms with Crippen LogP contribution in [0.25, 0.3) is 0 Å². The summed E-state index contributed by atoms with van der Waals surface area (Å²) in [7, 11) is 0. The summed E-state index contributed by atoms with van der Waals surface area (Å²) in [6.07, 6.45) is 0.244. The fourth-order valence-electron chi connectivity index (χ4n) is 1.83. The summed E-state index contributed by atoms with van der Waals surface area (Å²) in [5.41, 5.74) is 0.599. The summed E-state index contributed by atoms with van der Waals surface area (Å²) in [5, 5.41) is -0.0346. The van der Waals surface area contributed by atoms with Gasteiger partial charge in [0.1, 0.15) is 11.6 Å². The Kier molecular flexibility index (Phi) is 5.30. The Hall–Kier alpha value is -0.350. The van der Waals surface area contributed by atoms with Gasteiger partial charge in [0.25, 0.3) is 0 Å². The normalized spacial score (nSPS) is 12.5. The molecule has 0 bridgehead atoms. The van der Waals surface area contributed by atoms with E-state index in [0.717, 1.165) is 5.56 Å². The van der Waals surface area contributed by atoms with Gasteiger partial charge in [-0.15, -0.1) is 11.6 Å². The third-order valence-electron chi connectivity index (χ3n) is 2.76. The number of alkyl halides is 1. The second-order valence-corrected chi connectivity index (χ2v) is 6.46. The van der Waals surface area contributed by atoms with Crippen molar-refractivity contribution in [2.75, 3.05) is 0 Å². The average molecular weight is 400 g/mol. The van der Waals surface area contributed by atoms with Gasteiger partial charge in [-0.2, -0.15) is 0 Å². The monoisotopic (exact) mass is 398 g/mol. The van der Waals surface area contributed by atoms with Gasteiger partial charge in [0.2, 0.25) is 0 Å². The molecule has 2 aromatic rings. The second kappa shape index (κ2) is 6.61. The molecular weight excluding hydrogens is 392 g/mol. The molecule has 20 heavy (non-hydrogen) atoms. The minimum absolute atomic E-state index is 0.152. The van der Waals surface area contributed by atoms with Crippen molar-refractivity contribution in [3.8, 4) is 0 Å². The van der Waals surface area contributed by atoms with E-state index in [-0.39, 0.29) is 12.0 Å². The van der Waals surface area contributed by atoms with Gasteiger partial charge >= 0.3 is 0 Å². The van der Waals surface area contributed by atoms with E-state index in [1.807, 2.05) is 0 Å². The standard InChI is InChI=1S/C14H8BrCl3F2/c15-8-5-12(19)14(13(20)6-8)11(18)4-7-1-2-9(16)10(17)3-7/h1-3,5-6,11H,4H2. The molecule has 0 aliphatic carbocycles. The summed E-state index contributed by atoms with van der Waals surface area (Å²) in [5.74, 6) is -1.37. The molecule has 0 fully saturated rings. The summed E-state index contributed by atoms with van der Waals surface area (Å²) < 4.78 is 27.9. The SMILES string of the molecule is Fc1cc(Br)cc(F)c1C(Cl)Cc1ccc(Cl)c(Cl)c1. The molecule has 0 radical (unpaired) electrons. The Balaban J connectivity index is 2.28. The summed E-state index contributed by atoms with van der Waals surface area (Å²) in [6, 6.07) is 7.34. The highest BCUT2D eigenvalue weighted by Gasteiger charge is 2.19. The third kappa shape index (κ3) is 3.64. The largest absolute Gasteiger partial charge is 0.206 e. The van der Waals surface area contributed by atoms with Crippen LogP contribution in [0.3, 0.4) is 0 Å². The molecule has 1 atom stereocenters. The van der Waals surface area contributed by atoms with Crippen molar-refractivity contribution >= 4 is 50.7 Å². The lowest BCUT2D eigenvalue weighted by Gasteiger charge is -2.13. The smallest absolute Gasteiger partial charge is 0.131 e. The zero-order chi connectivity index (χ0) is 14.9. The highest BCUT2D eigenvalue weighted by molar-refractivity contribution is 9.10. The van der Waals surface area contributed by atoms with Gasteiger partial charge < -0.3 is 0 Å². The van der Waals surface area contributed by atoms with Crippen molar-refractivity contribution in [1.82, 2.24) is 0 Å². The molecule has 0 spiro atoms. The number of halogens is 6. The van der Waals surface area contributed by atoms with E-state index in [9.17, 15) is 8.78 Å². The molecule has 0 saturated carbocycles. The van der Waals surface area contributed by atoms with Crippen LogP contribution >= 0.6 is 50.7 Å². The molecule has 1 unspecified atom stereocenters. The molecule has 2 rings (SSSR count). The van der Waals surface area contributed by atoms with Crippen LogP contribution in [0.1, 0.15) is 16.5 Å². The predicted molar refractivity (Wildman–Crippen MR) is 82.8 cm³/mol. The van der Waals surface area contributed by atoms with Gasteiger partial charge in [0.15, 0.2) is 0 Å².